The molecule has 5 N–H and O–H groups in total. The number of carbonyl (C=O) groups excluding carboxylic acids is 1. The van der Waals surface area contributed by atoms with Crippen molar-refractivity contribution in [3.05, 3.63) is 0 Å². The van der Waals surface area contributed by atoms with Gasteiger partial charge in [-0.3, -0.25) is 4.79 Å². The standard InChI is InChI=1S/C8H19N3O4S/c1-2-7(5-9)16(13,14)11-3-4-15-6-8(10)12/h7,11H,2-6,9H2,1H3,(H2,10,12). The van der Waals surface area contributed by atoms with Gasteiger partial charge in [-0.25, -0.2) is 13.1 Å². The molecule has 0 spiro atoms. The SMILES string of the molecule is CCC(CN)S(=O)(=O)NCCOCC(N)=O. The first-order valence-electron chi connectivity index (χ1n) is 4.98. The topological polar surface area (TPSA) is 125 Å². The van der Waals surface area contributed by atoms with Crippen molar-refractivity contribution in [3.8, 4) is 0 Å². The van der Waals surface area contributed by atoms with Gasteiger partial charge in [0.2, 0.25) is 15.9 Å². The second-order valence-corrected chi connectivity index (χ2v) is 5.27. The molecule has 0 saturated heterocycles. The van der Waals surface area contributed by atoms with Crippen molar-refractivity contribution in [2.75, 3.05) is 26.3 Å². The summed E-state index contributed by atoms with van der Waals surface area (Å²) < 4.78 is 30.3. The Morgan fingerprint density at radius 3 is 2.56 bits per heavy atom. The molecule has 0 rings (SSSR count). The first kappa shape index (κ1) is 15.3. The van der Waals surface area contributed by atoms with Crippen LogP contribution in [0.5, 0.6) is 0 Å². The maximum absolute atomic E-state index is 11.6. The normalized spacial score (nSPS) is 13.6. The Balaban J connectivity index is 3.87. The number of amides is 1. The van der Waals surface area contributed by atoms with Crippen LogP contribution in [0.1, 0.15) is 13.3 Å². The quantitative estimate of drug-likeness (QED) is 0.416. The lowest BCUT2D eigenvalue weighted by molar-refractivity contribution is -0.122. The maximum atomic E-state index is 11.6. The fourth-order valence-corrected chi connectivity index (χ4v) is 2.36. The van der Waals surface area contributed by atoms with E-state index in [0.29, 0.717) is 6.42 Å². The van der Waals surface area contributed by atoms with E-state index < -0.39 is 21.2 Å². The number of hydrogen-bond acceptors (Lipinski definition) is 5. The second-order valence-electron chi connectivity index (χ2n) is 3.22. The van der Waals surface area contributed by atoms with Crippen LogP contribution in [-0.4, -0.2) is 45.9 Å². The Kier molecular flexibility index (Phi) is 7.22. The van der Waals surface area contributed by atoms with Gasteiger partial charge >= 0.3 is 0 Å². The van der Waals surface area contributed by atoms with Gasteiger partial charge in [0.1, 0.15) is 6.61 Å². The molecule has 1 atom stereocenters. The number of carbonyl (C=O) groups is 1. The molecule has 7 nitrogen and oxygen atoms in total. The molecule has 0 saturated carbocycles. The molecule has 0 aromatic heterocycles. The molecule has 16 heavy (non-hydrogen) atoms. The molecule has 0 radical (unpaired) electrons. The van der Waals surface area contributed by atoms with Gasteiger partial charge in [-0.05, 0) is 6.42 Å². The van der Waals surface area contributed by atoms with E-state index in [9.17, 15) is 13.2 Å². The van der Waals surface area contributed by atoms with E-state index in [-0.39, 0.29) is 26.3 Å². The highest BCUT2D eigenvalue weighted by molar-refractivity contribution is 7.90. The predicted molar refractivity (Wildman–Crippen MR) is 60.1 cm³/mol. The third kappa shape index (κ3) is 6.01. The smallest absolute Gasteiger partial charge is 0.243 e. The fraction of sp³-hybridized carbons (Fsp3) is 0.875. The number of hydrogen-bond donors (Lipinski definition) is 3. The van der Waals surface area contributed by atoms with Crippen LogP contribution in [0.3, 0.4) is 0 Å². The minimum absolute atomic E-state index is 0.0774. The number of sulfonamides is 1. The number of nitrogens with one attached hydrogen (secondary N) is 1. The monoisotopic (exact) mass is 253 g/mol. The Morgan fingerprint density at radius 1 is 1.50 bits per heavy atom. The van der Waals surface area contributed by atoms with E-state index in [1.165, 1.54) is 0 Å². The lowest BCUT2D eigenvalue weighted by atomic mass is 10.3. The minimum Gasteiger partial charge on any atom is -0.370 e. The van der Waals surface area contributed by atoms with Crippen LogP contribution in [0.4, 0.5) is 0 Å². The maximum Gasteiger partial charge on any atom is 0.243 e. The number of primary amides is 1. The number of ether oxygens (including phenoxy) is 1. The zero-order valence-electron chi connectivity index (χ0n) is 9.31. The second kappa shape index (κ2) is 7.55. The summed E-state index contributed by atoms with van der Waals surface area (Å²) >= 11 is 0. The van der Waals surface area contributed by atoms with Crippen molar-refractivity contribution in [2.24, 2.45) is 11.5 Å². The third-order valence-electron chi connectivity index (χ3n) is 1.95. The average molecular weight is 253 g/mol. The van der Waals surface area contributed by atoms with Gasteiger partial charge in [0.15, 0.2) is 0 Å². The zero-order valence-corrected chi connectivity index (χ0v) is 10.1. The largest absolute Gasteiger partial charge is 0.370 e. The molecule has 1 amide bonds. The van der Waals surface area contributed by atoms with E-state index in [1.807, 2.05) is 0 Å². The zero-order chi connectivity index (χ0) is 12.6. The first-order valence-corrected chi connectivity index (χ1v) is 6.53. The third-order valence-corrected chi connectivity index (χ3v) is 3.96. The van der Waals surface area contributed by atoms with Crippen molar-refractivity contribution in [3.63, 3.8) is 0 Å². The molecular formula is C8H19N3O4S. The summed E-state index contributed by atoms with van der Waals surface area (Å²) in [5.74, 6) is -0.587. The summed E-state index contributed by atoms with van der Waals surface area (Å²) in [5.41, 5.74) is 10.2. The molecule has 0 aliphatic rings. The van der Waals surface area contributed by atoms with Crippen LogP contribution in [-0.2, 0) is 19.6 Å². The number of rotatable bonds is 9. The molecule has 96 valence electrons. The molecule has 0 aliphatic heterocycles. The van der Waals surface area contributed by atoms with Crippen molar-refractivity contribution < 1.29 is 17.9 Å². The van der Waals surface area contributed by atoms with Gasteiger partial charge in [-0.2, -0.15) is 0 Å². The molecule has 0 aromatic carbocycles. The van der Waals surface area contributed by atoms with E-state index in [0.717, 1.165) is 0 Å². The summed E-state index contributed by atoms with van der Waals surface area (Å²) in [6, 6.07) is 0. The summed E-state index contributed by atoms with van der Waals surface area (Å²) in [5, 5.41) is -0.594. The van der Waals surface area contributed by atoms with Gasteiger partial charge in [-0.15, -0.1) is 0 Å². The van der Waals surface area contributed by atoms with Crippen molar-refractivity contribution in [1.29, 1.82) is 0 Å². The van der Waals surface area contributed by atoms with E-state index in [4.69, 9.17) is 16.2 Å². The van der Waals surface area contributed by atoms with E-state index in [2.05, 4.69) is 4.72 Å². The van der Waals surface area contributed by atoms with Crippen LogP contribution in [0.25, 0.3) is 0 Å². The number of nitrogens with two attached hydrogens (primary N) is 2. The van der Waals surface area contributed by atoms with Crippen molar-refractivity contribution in [1.82, 2.24) is 4.72 Å². The lowest BCUT2D eigenvalue weighted by Gasteiger charge is -2.14. The summed E-state index contributed by atoms with van der Waals surface area (Å²) in [6.07, 6.45) is 0.452. The lowest BCUT2D eigenvalue weighted by Crippen LogP contribution is -2.40. The van der Waals surface area contributed by atoms with Crippen LogP contribution < -0.4 is 16.2 Å². The molecule has 1 unspecified atom stereocenters. The molecule has 0 bridgehead atoms. The molecular weight excluding hydrogens is 234 g/mol. The summed E-state index contributed by atoms with van der Waals surface area (Å²) in [7, 11) is -3.39. The highest BCUT2D eigenvalue weighted by Gasteiger charge is 2.21. The van der Waals surface area contributed by atoms with Gasteiger partial charge in [0.25, 0.3) is 0 Å². The Morgan fingerprint density at radius 2 is 2.12 bits per heavy atom. The van der Waals surface area contributed by atoms with Crippen LogP contribution in [0.2, 0.25) is 0 Å². The van der Waals surface area contributed by atoms with Crippen LogP contribution in [0.15, 0.2) is 0 Å². The molecule has 0 fully saturated rings. The van der Waals surface area contributed by atoms with Gasteiger partial charge in [0, 0.05) is 13.1 Å². The molecule has 0 aliphatic carbocycles. The van der Waals surface area contributed by atoms with Gasteiger partial charge < -0.3 is 16.2 Å². The van der Waals surface area contributed by atoms with Crippen LogP contribution in [0, 0.1) is 0 Å². The fourth-order valence-electron chi connectivity index (χ4n) is 1.06. The highest BCUT2D eigenvalue weighted by Crippen LogP contribution is 2.01. The Hall–Kier alpha value is -0.700. The van der Waals surface area contributed by atoms with Crippen molar-refractivity contribution >= 4 is 15.9 Å². The highest BCUT2D eigenvalue weighted by atomic mass is 32.2. The molecule has 8 heteroatoms. The van der Waals surface area contributed by atoms with Gasteiger partial charge in [0.05, 0.1) is 11.9 Å². The molecule has 0 aromatic rings. The predicted octanol–water partition coefficient (Wildman–Crippen LogP) is -1.85. The Labute approximate surface area is 95.6 Å². The summed E-state index contributed by atoms with van der Waals surface area (Å²) in [6.45, 7) is 1.82. The Bertz CT molecular complexity index is 300. The minimum atomic E-state index is -3.39. The van der Waals surface area contributed by atoms with Gasteiger partial charge in [-0.1, -0.05) is 6.92 Å². The average Bonchev–Trinajstić information content (AvgIpc) is 2.17. The summed E-state index contributed by atoms with van der Waals surface area (Å²) in [4.78, 5) is 10.3. The van der Waals surface area contributed by atoms with E-state index in [1.54, 1.807) is 6.92 Å². The van der Waals surface area contributed by atoms with E-state index >= 15 is 0 Å². The molecule has 0 heterocycles. The first-order chi connectivity index (χ1) is 7.44. The van der Waals surface area contributed by atoms with Crippen LogP contribution >= 0.6 is 0 Å². The van der Waals surface area contributed by atoms with Crippen molar-refractivity contribution in [2.45, 2.75) is 18.6 Å².